The highest BCUT2D eigenvalue weighted by Gasteiger charge is 2.15. The molecule has 6 heteroatoms. The fourth-order valence-corrected chi connectivity index (χ4v) is 3.82. The van der Waals surface area contributed by atoms with E-state index in [1.54, 1.807) is 6.20 Å². The Kier molecular flexibility index (Phi) is 5.82. The highest BCUT2D eigenvalue weighted by molar-refractivity contribution is 7.19. The van der Waals surface area contributed by atoms with Crippen molar-refractivity contribution in [1.82, 2.24) is 15.2 Å². The van der Waals surface area contributed by atoms with Gasteiger partial charge in [0, 0.05) is 18.8 Å². The van der Waals surface area contributed by atoms with Gasteiger partial charge < -0.3 is 10.2 Å². The molecule has 128 valence electrons. The third kappa shape index (κ3) is 4.79. The van der Waals surface area contributed by atoms with E-state index >= 15 is 0 Å². The number of urea groups is 1. The number of carbonyl (C=O) groups excluding carboxylic acids is 1. The Morgan fingerprint density at radius 1 is 1.25 bits per heavy atom. The van der Waals surface area contributed by atoms with Gasteiger partial charge in [-0.1, -0.05) is 48.1 Å². The first-order valence-electron chi connectivity index (χ1n) is 8.52. The molecule has 0 aliphatic carbocycles. The van der Waals surface area contributed by atoms with Crippen molar-refractivity contribution in [2.45, 2.75) is 32.2 Å². The third-order valence-electron chi connectivity index (χ3n) is 4.14. The minimum atomic E-state index is -0.187. The van der Waals surface area contributed by atoms with E-state index in [9.17, 15) is 4.79 Å². The van der Waals surface area contributed by atoms with Crippen molar-refractivity contribution in [3.63, 3.8) is 0 Å². The molecule has 2 heterocycles. The summed E-state index contributed by atoms with van der Waals surface area (Å²) < 4.78 is 0. The van der Waals surface area contributed by atoms with E-state index in [0.29, 0.717) is 5.13 Å². The van der Waals surface area contributed by atoms with Gasteiger partial charge in [-0.2, -0.15) is 0 Å². The summed E-state index contributed by atoms with van der Waals surface area (Å²) in [5, 5.41) is 6.46. The molecule has 5 nitrogen and oxygen atoms in total. The molecule has 1 aromatic heterocycles. The Morgan fingerprint density at radius 2 is 2.00 bits per heavy atom. The van der Waals surface area contributed by atoms with E-state index in [1.807, 2.05) is 37.3 Å². The predicted molar refractivity (Wildman–Crippen MR) is 99.5 cm³/mol. The number of hydrogen-bond donors (Lipinski definition) is 2. The van der Waals surface area contributed by atoms with Gasteiger partial charge in [0.2, 0.25) is 0 Å². The molecule has 1 saturated heterocycles. The summed E-state index contributed by atoms with van der Waals surface area (Å²) in [6, 6.07) is 10.00. The van der Waals surface area contributed by atoms with E-state index in [1.165, 1.54) is 30.6 Å². The number of anilines is 1. The number of thiazole rings is 1. The van der Waals surface area contributed by atoms with Crippen LogP contribution in [-0.2, 0) is 0 Å². The number of aromatic nitrogens is 1. The van der Waals surface area contributed by atoms with Crippen molar-refractivity contribution in [3.05, 3.63) is 36.5 Å². The molecule has 1 aliphatic rings. The molecule has 0 bridgehead atoms. The van der Waals surface area contributed by atoms with Crippen molar-refractivity contribution in [1.29, 1.82) is 0 Å². The lowest BCUT2D eigenvalue weighted by Crippen LogP contribution is -2.45. The molecule has 1 aliphatic heterocycles. The van der Waals surface area contributed by atoms with Crippen molar-refractivity contribution < 1.29 is 4.79 Å². The number of amides is 2. The summed E-state index contributed by atoms with van der Waals surface area (Å²) in [4.78, 5) is 19.9. The standard InChI is InChI=1S/C18H24N4OS/c1-14(13-22-10-6-3-7-11-22)20-17(23)21-18-19-12-16(24-18)15-8-4-2-5-9-15/h2,4-5,8-9,12,14H,3,6-7,10-11,13H2,1H3,(H2,19,20,21,23). The number of piperidine rings is 1. The number of benzene rings is 1. The molecule has 2 amide bonds. The highest BCUT2D eigenvalue weighted by Crippen LogP contribution is 2.28. The summed E-state index contributed by atoms with van der Waals surface area (Å²) in [5.41, 5.74) is 1.11. The number of rotatable bonds is 5. The largest absolute Gasteiger partial charge is 0.334 e. The van der Waals surface area contributed by atoms with E-state index in [2.05, 4.69) is 20.5 Å². The average Bonchev–Trinajstić information content (AvgIpc) is 3.04. The molecule has 24 heavy (non-hydrogen) atoms. The topological polar surface area (TPSA) is 57.3 Å². The summed E-state index contributed by atoms with van der Waals surface area (Å²) >= 11 is 1.48. The van der Waals surface area contributed by atoms with Crippen molar-refractivity contribution >= 4 is 22.5 Å². The molecule has 0 spiro atoms. The quantitative estimate of drug-likeness (QED) is 0.867. The summed E-state index contributed by atoms with van der Waals surface area (Å²) in [7, 11) is 0. The summed E-state index contributed by atoms with van der Waals surface area (Å²) in [6.07, 6.45) is 5.65. The highest BCUT2D eigenvalue weighted by atomic mass is 32.1. The Balaban J connectivity index is 1.49. The molecule has 3 rings (SSSR count). The third-order valence-corrected chi connectivity index (χ3v) is 5.10. The van der Waals surface area contributed by atoms with Crippen molar-refractivity contribution in [2.24, 2.45) is 0 Å². The normalized spacial score (nSPS) is 16.5. The van der Waals surface area contributed by atoms with Crippen LogP contribution < -0.4 is 10.6 Å². The van der Waals surface area contributed by atoms with E-state index in [0.717, 1.165) is 30.1 Å². The second kappa shape index (κ2) is 8.26. The molecule has 1 unspecified atom stereocenters. The minimum absolute atomic E-state index is 0.122. The monoisotopic (exact) mass is 344 g/mol. The number of likely N-dealkylation sites (tertiary alicyclic amines) is 1. The van der Waals surface area contributed by atoms with Gasteiger partial charge in [0.25, 0.3) is 0 Å². The van der Waals surface area contributed by atoms with E-state index in [4.69, 9.17) is 0 Å². The molecule has 1 aromatic carbocycles. The zero-order valence-corrected chi connectivity index (χ0v) is 14.8. The molecule has 2 aromatic rings. The van der Waals surface area contributed by atoms with Gasteiger partial charge >= 0.3 is 6.03 Å². The Morgan fingerprint density at radius 3 is 2.75 bits per heavy atom. The Hall–Kier alpha value is -1.92. The average molecular weight is 344 g/mol. The van der Waals surface area contributed by atoms with Gasteiger partial charge in [0.05, 0.1) is 4.88 Å². The minimum Gasteiger partial charge on any atom is -0.334 e. The molecule has 0 saturated carbocycles. The van der Waals surface area contributed by atoms with Crippen LogP contribution in [0.5, 0.6) is 0 Å². The first-order valence-corrected chi connectivity index (χ1v) is 9.33. The van der Waals surface area contributed by atoms with E-state index < -0.39 is 0 Å². The van der Waals surface area contributed by atoms with Gasteiger partial charge in [0.15, 0.2) is 5.13 Å². The second-order valence-corrected chi connectivity index (χ2v) is 7.29. The fourth-order valence-electron chi connectivity index (χ4n) is 3.00. The second-order valence-electron chi connectivity index (χ2n) is 6.26. The van der Waals surface area contributed by atoms with Crippen LogP contribution in [0.1, 0.15) is 26.2 Å². The van der Waals surface area contributed by atoms with Crippen LogP contribution in [0.15, 0.2) is 36.5 Å². The smallest absolute Gasteiger partial charge is 0.321 e. The molecule has 1 atom stereocenters. The van der Waals surface area contributed by atoms with Crippen LogP contribution in [0.3, 0.4) is 0 Å². The lowest BCUT2D eigenvalue weighted by atomic mass is 10.1. The van der Waals surface area contributed by atoms with Crippen LogP contribution in [-0.4, -0.2) is 41.6 Å². The van der Waals surface area contributed by atoms with Crippen molar-refractivity contribution in [2.75, 3.05) is 25.0 Å². The van der Waals surface area contributed by atoms with E-state index in [-0.39, 0.29) is 12.1 Å². The maximum absolute atomic E-state index is 12.1. The van der Waals surface area contributed by atoms with Gasteiger partial charge in [-0.05, 0) is 38.4 Å². The van der Waals surface area contributed by atoms with Crippen LogP contribution >= 0.6 is 11.3 Å². The maximum atomic E-state index is 12.1. The lowest BCUT2D eigenvalue weighted by molar-refractivity contribution is 0.206. The molecular weight excluding hydrogens is 320 g/mol. The zero-order chi connectivity index (χ0) is 16.8. The number of nitrogens with one attached hydrogen (secondary N) is 2. The summed E-state index contributed by atoms with van der Waals surface area (Å²) in [5.74, 6) is 0. The van der Waals surface area contributed by atoms with Crippen LogP contribution in [0, 0.1) is 0 Å². The van der Waals surface area contributed by atoms with Crippen LogP contribution in [0.2, 0.25) is 0 Å². The van der Waals surface area contributed by atoms with Gasteiger partial charge in [0.1, 0.15) is 0 Å². The first kappa shape index (κ1) is 16.9. The predicted octanol–water partition coefficient (Wildman–Crippen LogP) is 3.81. The first-order chi connectivity index (χ1) is 11.7. The SMILES string of the molecule is CC(CN1CCCCC1)NC(=O)Nc1ncc(-c2ccccc2)s1. The fraction of sp³-hybridized carbons (Fsp3) is 0.444. The maximum Gasteiger partial charge on any atom is 0.321 e. The zero-order valence-electron chi connectivity index (χ0n) is 14.0. The lowest BCUT2D eigenvalue weighted by Gasteiger charge is -2.29. The van der Waals surface area contributed by atoms with Crippen LogP contribution in [0.25, 0.3) is 10.4 Å². The Labute approximate surface area is 147 Å². The van der Waals surface area contributed by atoms with Crippen molar-refractivity contribution in [3.8, 4) is 10.4 Å². The Bertz CT molecular complexity index is 652. The number of carbonyl (C=O) groups is 1. The van der Waals surface area contributed by atoms with Crippen LogP contribution in [0.4, 0.5) is 9.93 Å². The number of hydrogen-bond acceptors (Lipinski definition) is 4. The number of nitrogens with zero attached hydrogens (tertiary/aromatic N) is 2. The molecule has 0 radical (unpaired) electrons. The van der Waals surface area contributed by atoms with Gasteiger partial charge in [-0.15, -0.1) is 0 Å². The molecule has 1 fully saturated rings. The molecular formula is C18H24N4OS. The molecule has 2 N–H and O–H groups in total. The van der Waals surface area contributed by atoms with Gasteiger partial charge in [-0.3, -0.25) is 5.32 Å². The van der Waals surface area contributed by atoms with Gasteiger partial charge in [-0.25, -0.2) is 9.78 Å². The summed E-state index contributed by atoms with van der Waals surface area (Å²) in [6.45, 7) is 5.23.